The van der Waals surface area contributed by atoms with Crippen molar-refractivity contribution in [3.05, 3.63) is 23.5 Å². The van der Waals surface area contributed by atoms with Crippen LogP contribution in [0.15, 0.2) is 12.1 Å². The van der Waals surface area contributed by atoms with Crippen LogP contribution in [0.5, 0.6) is 5.75 Å². The Labute approximate surface area is 107 Å². The van der Waals surface area contributed by atoms with Crippen LogP contribution in [-0.2, 0) is 11.3 Å². The van der Waals surface area contributed by atoms with Crippen molar-refractivity contribution in [2.45, 2.75) is 25.6 Å². The molecule has 2 aliphatic rings. The van der Waals surface area contributed by atoms with Crippen molar-refractivity contribution in [1.82, 2.24) is 15.2 Å². The summed E-state index contributed by atoms with van der Waals surface area (Å²) in [5.74, 6) is 0.287. The third-order valence-electron chi connectivity index (χ3n) is 3.75. The van der Waals surface area contributed by atoms with Crippen LogP contribution >= 0.6 is 0 Å². The number of aromatic nitrogens is 1. The molecule has 0 aromatic carbocycles. The Kier molecular flexibility index (Phi) is 3.20. The maximum absolute atomic E-state index is 9.87. The van der Waals surface area contributed by atoms with E-state index in [2.05, 4.69) is 15.2 Å². The largest absolute Gasteiger partial charge is 0.506 e. The van der Waals surface area contributed by atoms with Gasteiger partial charge in [0, 0.05) is 31.9 Å². The molecule has 0 aliphatic carbocycles. The Bertz CT molecular complexity index is 438. The van der Waals surface area contributed by atoms with Gasteiger partial charge in [0.25, 0.3) is 0 Å². The second-order valence-electron chi connectivity index (χ2n) is 5.02. The molecule has 3 rings (SSSR count). The molecule has 18 heavy (non-hydrogen) atoms. The van der Waals surface area contributed by atoms with Gasteiger partial charge in [0.2, 0.25) is 0 Å². The second-order valence-corrected chi connectivity index (χ2v) is 5.02. The maximum atomic E-state index is 9.87. The molecule has 0 bridgehead atoms. The van der Waals surface area contributed by atoms with Gasteiger partial charge in [0.05, 0.1) is 24.4 Å². The molecule has 5 heteroatoms. The number of hydrogen-bond acceptors (Lipinski definition) is 5. The number of rotatable bonds is 2. The molecule has 0 saturated carbocycles. The molecular formula is C13H19N3O2. The van der Waals surface area contributed by atoms with Gasteiger partial charge < -0.3 is 15.2 Å². The van der Waals surface area contributed by atoms with Crippen molar-refractivity contribution < 1.29 is 9.84 Å². The monoisotopic (exact) mass is 249 g/mol. The average molecular weight is 249 g/mol. The molecule has 2 fully saturated rings. The lowest BCUT2D eigenvalue weighted by Gasteiger charge is -2.36. The number of nitrogens with zero attached hydrogens (tertiary/aromatic N) is 2. The zero-order valence-corrected chi connectivity index (χ0v) is 10.6. The Morgan fingerprint density at radius 3 is 3.28 bits per heavy atom. The fourth-order valence-electron chi connectivity index (χ4n) is 2.77. The van der Waals surface area contributed by atoms with Crippen molar-refractivity contribution in [2.75, 3.05) is 26.2 Å². The lowest BCUT2D eigenvalue weighted by Crippen LogP contribution is -2.50. The quantitative estimate of drug-likeness (QED) is 0.788. The lowest BCUT2D eigenvalue weighted by atomic mass is 10.1. The molecule has 0 amide bonds. The second kappa shape index (κ2) is 4.84. The number of nitrogens with one attached hydrogen (secondary N) is 1. The van der Waals surface area contributed by atoms with E-state index >= 15 is 0 Å². The van der Waals surface area contributed by atoms with Crippen LogP contribution in [0.3, 0.4) is 0 Å². The molecule has 1 aromatic heterocycles. The molecule has 2 atom stereocenters. The topological polar surface area (TPSA) is 57.6 Å². The van der Waals surface area contributed by atoms with Crippen molar-refractivity contribution in [3.63, 3.8) is 0 Å². The van der Waals surface area contributed by atoms with Gasteiger partial charge in [-0.1, -0.05) is 0 Å². The van der Waals surface area contributed by atoms with Crippen molar-refractivity contribution >= 4 is 0 Å². The minimum atomic E-state index is 0.283. The van der Waals surface area contributed by atoms with Crippen LogP contribution in [0.4, 0.5) is 0 Å². The summed E-state index contributed by atoms with van der Waals surface area (Å²) in [6.07, 6.45) is 0.283. The fraction of sp³-hybridized carbons (Fsp3) is 0.615. The van der Waals surface area contributed by atoms with Gasteiger partial charge >= 0.3 is 0 Å². The molecule has 2 saturated heterocycles. The molecule has 5 nitrogen and oxygen atoms in total. The summed E-state index contributed by atoms with van der Waals surface area (Å²) in [6, 6.07) is 3.96. The summed E-state index contributed by atoms with van der Waals surface area (Å²) in [5.41, 5.74) is 1.71. The predicted octanol–water partition coefficient (Wildman–Crippen LogP) is 0.268. The number of ether oxygens (including phenoxy) is 1. The van der Waals surface area contributed by atoms with E-state index in [1.165, 1.54) is 0 Å². The summed E-state index contributed by atoms with van der Waals surface area (Å²) >= 11 is 0. The maximum Gasteiger partial charge on any atom is 0.138 e. The van der Waals surface area contributed by atoms with E-state index in [9.17, 15) is 5.11 Å². The molecule has 0 radical (unpaired) electrons. The summed E-state index contributed by atoms with van der Waals surface area (Å²) in [5, 5.41) is 13.2. The Morgan fingerprint density at radius 1 is 1.50 bits per heavy atom. The third kappa shape index (κ3) is 2.21. The van der Waals surface area contributed by atoms with E-state index in [1.807, 2.05) is 13.0 Å². The Morgan fingerprint density at radius 2 is 2.39 bits per heavy atom. The summed E-state index contributed by atoms with van der Waals surface area (Å²) in [7, 11) is 0. The molecule has 0 unspecified atom stereocenters. The smallest absolute Gasteiger partial charge is 0.138 e. The van der Waals surface area contributed by atoms with E-state index in [0.29, 0.717) is 12.6 Å². The van der Waals surface area contributed by atoms with Crippen LogP contribution in [0.2, 0.25) is 0 Å². The summed E-state index contributed by atoms with van der Waals surface area (Å²) in [4.78, 5) is 6.78. The zero-order valence-electron chi connectivity index (χ0n) is 10.6. The van der Waals surface area contributed by atoms with Gasteiger partial charge in [-0.15, -0.1) is 0 Å². The molecule has 3 heterocycles. The minimum Gasteiger partial charge on any atom is -0.506 e. The highest BCUT2D eigenvalue weighted by atomic mass is 16.5. The number of morpholine rings is 1. The van der Waals surface area contributed by atoms with E-state index < -0.39 is 0 Å². The highest BCUT2D eigenvalue weighted by Crippen LogP contribution is 2.23. The molecular weight excluding hydrogens is 230 g/mol. The Hall–Kier alpha value is -1.17. The van der Waals surface area contributed by atoms with Crippen LogP contribution in [-0.4, -0.2) is 53.4 Å². The van der Waals surface area contributed by atoms with Gasteiger partial charge in [0.15, 0.2) is 0 Å². The highest BCUT2D eigenvalue weighted by molar-refractivity contribution is 5.27. The van der Waals surface area contributed by atoms with Gasteiger partial charge in [0.1, 0.15) is 5.75 Å². The number of pyridine rings is 1. The highest BCUT2D eigenvalue weighted by Gasteiger charge is 2.36. The van der Waals surface area contributed by atoms with Crippen LogP contribution < -0.4 is 5.32 Å². The standard InChI is InChI=1S/C13H19N3O2/c1-9-2-3-12(17)10(15-9)8-16-4-5-18-13-7-14-6-11(13)16/h2-3,11,13-14,17H,4-8H2,1H3/t11-,13+/m1/s1. The van der Waals surface area contributed by atoms with Gasteiger partial charge in [-0.2, -0.15) is 0 Å². The first-order chi connectivity index (χ1) is 8.74. The summed E-state index contributed by atoms with van der Waals surface area (Å²) < 4.78 is 5.74. The van der Waals surface area contributed by atoms with Crippen molar-refractivity contribution in [3.8, 4) is 5.75 Å². The normalized spacial score (nSPS) is 28.3. The van der Waals surface area contributed by atoms with E-state index in [4.69, 9.17) is 4.74 Å². The zero-order chi connectivity index (χ0) is 12.5. The number of aromatic hydroxyl groups is 1. The average Bonchev–Trinajstić information content (AvgIpc) is 2.83. The number of aryl methyl sites for hydroxylation is 1. The summed E-state index contributed by atoms with van der Waals surface area (Å²) in [6.45, 7) is 6.18. The molecule has 2 aliphatic heterocycles. The van der Waals surface area contributed by atoms with E-state index in [0.717, 1.165) is 37.6 Å². The number of hydrogen-bond donors (Lipinski definition) is 2. The third-order valence-corrected chi connectivity index (χ3v) is 3.75. The SMILES string of the molecule is Cc1ccc(O)c(CN2CCO[C@H]3CNC[C@H]32)n1. The minimum absolute atomic E-state index is 0.283. The van der Waals surface area contributed by atoms with Crippen LogP contribution in [0.1, 0.15) is 11.4 Å². The molecule has 98 valence electrons. The van der Waals surface area contributed by atoms with Crippen molar-refractivity contribution in [2.24, 2.45) is 0 Å². The molecule has 2 N–H and O–H groups in total. The molecule has 1 aromatic rings. The first-order valence-corrected chi connectivity index (χ1v) is 6.46. The first-order valence-electron chi connectivity index (χ1n) is 6.46. The number of fused-ring (bicyclic) bond motifs is 1. The van der Waals surface area contributed by atoms with Gasteiger partial charge in [-0.25, -0.2) is 0 Å². The molecule has 0 spiro atoms. The fourth-order valence-corrected chi connectivity index (χ4v) is 2.77. The van der Waals surface area contributed by atoms with Crippen LogP contribution in [0, 0.1) is 6.92 Å². The first kappa shape index (κ1) is 11.9. The predicted molar refractivity (Wildman–Crippen MR) is 67.4 cm³/mol. The van der Waals surface area contributed by atoms with Gasteiger partial charge in [-0.3, -0.25) is 9.88 Å². The van der Waals surface area contributed by atoms with Crippen molar-refractivity contribution in [1.29, 1.82) is 0 Å². The lowest BCUT2D eigenvalue weighted by molar-refractivity contribution is -0.0506. The van der Waals surface area contributed by atoms with Gasteiger partial charge in [-0.05, 0) is 19.1 Å². The van der Waals surface area contributed by atoms with E-state index in [1.54, 1.807) is 6.07 Å². The Balaban J connectivity index is 1.77. The van der Waals surface area contributed by atoms with E-state index in [-0.39, 0.29) is 11.9 Å². The van der Waals surface area contributed by atoms with Crippen LogP contribution in [0.25, 0.3) is 0 Å².